The molecule has 0 aliphatic rings. The molecule has 1 N–H and O–H groups in total. The van der Waals surface area contributed by atoms with Crippen molar-refractivity contribution in [1.82, 2.24) is 9.97 Å². The number of nitrogens with one attached hydrogen (secondary N) is 1. The molecule has 6 nitrogen and oxygen atoms in total. The van der Waals surface area contributed by atoms with Crippen LogP contribution in [0.25, 0.3) is 0 Å². The van der Waals surface area contributed by atoms with Gasteiger partial charge in [-0.1, -0.05) is 23.7 Å². The van der Waals surface area contributed by atoms with Gasteiger partial charge in [0.25, 0.3) is 5.69 Å². The molecule has 0 saturated carbocycles. The quantitative estimate of drug-likeness (QED) is 0.528. The molecule has 0 spiro atoms. The topological polar surface area (TPSA) is 81.0 Å². The summed E-state index contributed by atoms with van der Waals surface area (Å²) in [5.41, 5.74) is 1.76. The van der Waals surface area contributed by atoms with E-state index in [1.54, 1.807) is 12.1 Å². The molecule has 0 aliphatic heterocycles. The highest BCUT2D eigenvalue weighted by Gasteiger charge is 2.06. The molecule has 1 aromatic heterocycles. The number of non-ortho nitro benzene ring substituents is 1. The molecule has 7 heteroatoms. The Morgan fingerprint density at radius 1 is 1.32 bits per heavy atom. The van der Waals surface area contributed by atoms with Crippen LogP contribution in [0, 0.1) is 17.0 Å². The predicted octanol–water partition coefficient (Wildman–Crippen LogP) is 2.96. The standard InChI is InChI=1S/C12H11ClN4O2/c1-8-11(13)15-7-16-12(8)14-6-9-2-4-10(5-3-9)17(18)19/h2-5,7H,6H2,1H3,(H,14,15,16). The molecule has 0 saturated heterocycles. The molecule has 1 heterocycles. The molecule has 0 unspecified atom stereocenters. The van der Waals surface area contributed by atoms with Gasteiger partial charge in [0, 0.05) is 24.2 Å². The monoisotopic (exact) mass is 278 g/mol. The van der Waals surface area contributed by atoms with Gasteiger partial charge in [-0.25, -0.2) is 9.97 Å². The zero-order valence-corrected chi connectivity index (χ0v) is 10.9. The first-order valence-electron chi connectivity index (χ1n) is 5.52. The number of nitro groups is 1. The Balaban J connectivity index is 2.06. The van der Waals surface area contributed by atoms with Crippen LogP contribution >= 0.6 is 11.6 Å². The van der Waals surface area contributed by atoms with Crippen molar-refractivity contribution in [2.45, 2.75) is 13.5 Å². The molecule has 1 aromatic carbocycles. The van der Waals surface area contributed by atoms with Gasteiger partial charge in [-0.05, 0) is 12.5 Å². The normalized spacial score (nSPS) is 10.2. The number of nitrogens with zero attached hydrogens (tertiary/aromatic N) is 3. The van der Waals surface area contributed by atoms with Gasteiger partial charge >= 0.3 is 0 Å². The summed E-state index contributed by atoms with van der Waals surface area (Å²) in [5.74, 6) is 0.651. The minimum Gasteiger partial charge on any atom is -0.366 e. The van der Waals surface area contributed by atoms with Crippen molar-refractivity contribution >= 4 is 23.1 Å². The fourth-order valence-corrected chi connectivity index (χ4v) is 1.66. The van der Waals surface area contributed by atoms with E-state index in [4.69, 9.17) is 11.6 Å². The number of hydrogen-bond donors (Lipinski definition) is 1. The van der Waals surface area contributed by atoms with Crippen LogP contribution in [0.2, 0.25) is 5.15 Å². The Kier molecular flexibility index (Phi) is 3.91. The van der Waals surface area contributed by atoms with Crippen molar-refractivity contribution < 1.29 is 4.92 Å². The number of benzene rings is 1. The molecular formula is C12H11ClN4O2. The molecule has 19 heavy (non-hydrogen) atoms. The lowest BCUT2D eigenvalue weighted by Crippen LogP contribution is -2.04. The average Bonchev–Trinajstić information content (AvgIpc) is 2.41. The second-order valence-corrected chi connectivity index (χ2v) is 4.27. The third-order valence-corrected chi connectivity index (χ3v) is 3.01. The second kappa shape index (κ2) is 5.62. The van der Waals surface area contributed by atoms with Crippen molar-refractivity contribution in [3.63, 3.8) is 0 Å². The highest BCUT2D eigenvalue weighted by atomic mass is 35.5. The molecule has 0 aliphatic carbocycles. The molecule has 98 valence electrons. The first-order valence-corrected chi connectivity index (χ1v) is 5.90. The summed E-state index contributed by atoms with van der Waals surface area (Å²) in [4.78, 5) is 18.1. The first kappa shape index (κ1) is 13.2. The summed E-state index contributed by atoms with van der Waals surface area (Å²) in [5, 5.41) is 14.0. The first-order chi connectivity index (χ1) is 9.08. The van der Waals surface area contributed by atoms with Crippen LogP contribution in [0.15, 0.2) is 30.6 Å². The Hall–Kier alpha value is -2.21. The van der Waals surface area contributed by atoms with Gasteiger partial charge in [-0.2, -0.15) is 0 Å². The van der Waals surface area contributed by atoms with E-state index in [0.717, 1.165) is 11.1 Å². The van der Waals surface area contributed by atoms with E-state index >= 15 is 0 Å². The van der Waals surface area contributed by atoms with E-state index in [1.165, 1.54) is 18.5 Å². The zero-order chi connectivity index (χ0) is 13.8. The Morgan fingerprint density at radius 3 is 2.63 bits per heavy atom. The van der Waals surface area contributed by atoms with Crippen molar-refractivity contribution in [2.24, 2.45) is 0 Å². The van der Waals surface area contributed by atoms with Gasteiger partial charge < -0.3 is 5.32 Å². The van der Waals surface area contributed by atoms with Crippen LogP contribution in [0.4, 0.5) is 11.5 Å². The largest absolute Gasteiger partial charge is 0.366 e. The third kappa shape index (κ3) is 3.17. The summed E-state index contributed by atoms with van der Waals surface area (Å²) in [7, 11) is 0. The van der Waals surface area contributed by atoms with Gasteiger partial charge in [-0.3, -0.25) is 10.1 Å². The molecule has 2 aromatic rings. The maximum absolute atomic E-state index is 10.5. The van der Waals surface area contributed by atoms with E-state index in [1.807, 2.05) is 6.92 Å². The van der Waals surface area contributed by atoms with E-state index in [9.17, 15) is 10.1 Å². The molecule has 0 bridgehead atoms. The Morgan fingerprint density at radius 2 is 2.00 bits per heavy atom. The van der Waals surface area contributed by atoms with Crippen molar-refractivity contribution in [2.75, 3.05) is 5.32 Å². The minimum absolute atomic E-state index is 0.0741. The smallest absolute Gasteiger partial charge is 0.269 e. The van der Waals surface area contributed by atoms with Gasteiger partial charge in [0.15, 0.2) is 0 Å². The second-order valence-electron chi connectivity index (χ2n) is 3.92. The fraction of sp³-hybridized carbons (Fsp3) is 0.167. The summed E-state index contributed by atoms with van der Waals surface area (Å²) < 4.78 is 0. The van der Waals surface area contributed by atoms with Crippen LogP contribution in [0.3, 0.4) is 0 Å². The highest BCUT2D eigenvalue weighted by Crippen LogP contribution is 2.19. The van der Waals surface area contributed by atoms with E-state index in [2.05, 4.69) is 15.3 Å². The summed E-state index contributed by atoms with van der Waals surface area (Å²) in [6.45, 7) is 2.33. The third-order valence-electron chi connectivity index (χ3n) is 2.63. The number of nitro benzene ring substituents is 1. The molecule has 0 atom stereocenters. The number of hydrogen-bond acceptors (Lipinski definition) is 5. The van der Waals surface area contributed by atoms with Crippen LogP contribution in [0.1, 0.15) is 11.1 Å². The lowest BCUT2D eigenvalue weighted by atomic mass is 10.2. The van der Waals surface area contributed by atoms with Crippen LogP contribution in [-0.4, -0.2) is 14.9 Å². The van der Waals surface area contributed by atoms with Crippen molar-refractivity contribution in [3.05, 3.63) is 57.0 Å². The lowest BCUT2D eigenvalue weighted by molar-refractivity contribution is -0.384. The van der Waals surface area contributed by atoms with E-state index in [0.29, 0.717) is 17.5 Å². The molecule has 0 fully saturated rings. The van der Waals surface area contributed by atoms with Crippen LogP contribution in [-0.2, 0) is 6.54 Å². The summed E-state index contributed by atoms with van der Waals surface area (Å²) >= 11 is 5.89. The average molecular weight is 279 g/mol. The Bertz CT molecular complexity index is 601. The summed E-state index contributed by atoms with van der Waals surface area (Å²) in [6.07, 6.45) is 1.38. The lowest BCUT2D eigenvalue weighted by Gasteiger charge is -2.08. The van der Waals surface area contributed by atoms with E-state index < -0.39 is 4.92 Å². The van der Waals surface area contributed by atoms with Gasteiger partial charge in [0.2, 0.25) is 0 Å². The number of aromatic nitrogens is 2. The van der Waals surface area contributed by atoms with Crippen LogP contribution in [0.5, 0.6) is 0 Å². The highest BCUT2D eigenvalue weighted by molar-refractivity contribution is 6.30. The minimum atomic E-state index is -0.425. The van der Waals surface area contributed by atoms with Crippen molar-refractivity contribution in [1.29, 1.82) is 0 Å². The molecule has 0 amide bonds. The molecular weight excluding hydrogens is 268 g/mol. The maximum Gasteiger partial charge on any atom is 0.269 e. The van der Waals surface area contributed by atoms with Gasteiger partial charge in [0.1, 0.15) is 17.3 Å². The van der Waals surface area contributed by atoms with Gasteiger partial charge in [-0.15, -0.1) is 0 Å². The zero-order valence-electron chi connectivity index (χ0n) is 10.1. The van der Waals surface area contributed by atoms with E-state index in [-0.39, 0.29) is 5.69 Å². The molecule has 0 radical (unpaired) electrons. The van der Waals surface area contributed by atoms with Crippen molar-refractivity contribution in [3.8, 4) is 0 Å². The SMILES string of the molecule is Cc1c(Cl)ncnc1NCc1ccc([N+](=O)[O-])cc1. The summed E-state index contributed by atoms with van der Waals surface area (Å²) in [6, 6.07) is 6.33. The van der Waals surface area contributed by atoms with Crippen LogP contribution < -0.4 is 5.32 Å². The molecule has 2 rings (SSSR count). The number of anilines is 1. The predicted molar refractivity (Wildman–Crippen MR) is 72.2 cm³/mol. The maximum atomic E-state index is 10.5. The number of rotatable bonds is 4. The Labute approximate surface area is 114 Å². The number of halogens is 1. The van der Waals surface area contributed by atoms with Gasteiger partial charge in [0.05, 0.1) is 4.92 Å². The fourth-order valence-electron chi connectivity index (χ4n) is 1.53.